The lowest BCUT2D eigenvalue weighted by atomic mass is 9.82. The number of carbonyl (C=O) groups excluding carboxylic acids is 1. The van der Waals surface area contributed by atoms with Gasteiger partial charge in [0.15, 0.2) is 0 Å². The molecule has 1 atom stereocenters. The minimum atomic E-state index is -0.627. The summed E-state index contributed by atoms with van der Waals surface area (Å²) in [5.74, 6) is 0.121. The smallest absolute Gasteiger partial charge is 0.266 e. The Morgan fingerprint density at radius 2 is 2.00 bits per heavy atom. The van der Waals surface area contributed by atoms with E-state index in [0.717, 1.165) is 29.8 Å². The molecule has 7 heteroatoms. The van der Waals surface area contributed by atoms with Crippen molar-refractivity contribution in [2.45, 2.75) is 32.2 Å². The van der Waals surface area contributed by atoms with Gasteiger partial charge in [0.2, 0.25) is 0 Å². The predicted molar refractivity (Wildman–Crippen MR) is 117 cm³/mol. The zero-order valence-corrected chi connectivity index (χ0v) is 17.4. The van der Waals surface area contributed by atoms with Crippen LogP contribution in [0.4, 0.5) is 4.39 Å². The molecule has 2 N–H and O–H groups in total. The molecule has 158 valence electrons. The maximum atomic E-state index is 14.8. The fraction of sp³-hybridized carbons (Fsp3) is 0.250. The lowest BCUT2D eigenvalue weighted by Crippen LogP contribution is -2.29. The van der Waals surface area contributed by atoms with Gasteiger partial charge in [-0.2, -0.15) is 0 Å². The van der Waals surface area contributed by atoms with Gasteiger partial charge in [0.05, 0.1) is 13.2 Å². The minimum absolute atomic E-state index is 0.153. The number of nitrogens with two attached hydrogens (primary N) is 1. The van der Waals surface area contributed by atoms with E-state index in [-0.39, 0.29) is 11.8 Å². The molecule has 6 nitrogen and oxygen atoms in total. The van der Waals surface area contributed by atoms with Gasteiger partial charge in [0.1, 0.15) is 23.1 Å². The molecule has 1 aromatic heterocycles. The van der Waals surface area contributed by atoms with Crippen LogP contribution in [0.5, 0.6) is 5.75 Å². The second-order valence-corrected chi connectivity index (χ2v) is 7.59. The van der Waals surface area contributed by atoms with E-state index in [0.29, 0.717) is 23.3 Å². The number of dihydropyridines is 1. The Morgan fingerprint density at radius 1 is 1.23 bits per heavy atom. The average Bonchev–Trinajstić information content (AvgIpc) is 2.77. The monoisotopic (exact) mass is 418 g/mol. The summed E-state index contributed by atoms with van der Waals surface area (Å²) in [4.78, 5) is 24.9. The zero-order valence-electron chi connectivity index (χ0n) is 17.4. The molecule has 0 saturated carbocycles. The molecule has 1 aliphatic heterocycles. The Morgan fingerprint density at radius 3 is 2.68 bits per heavy atom. The normalized spacial score (nSPS) is 17.7. The second kappa shape index (κ2) is 8.63. The van der Waals surface area contributed by atoms with Crippen molar-refractivity contribution in [3.63, 3.8) is 0 Å². The lowest BCUT2D eigenvalue weighted by molar-refractivity contribution is -0.111. The number of rotatable bonds is 6. The number of hydrogen-bond acceptors (Lipinski definition) is 5. The van der Waals surface area contributed by atoms with Gasteiger partial charge in [-0.25, -0.2) is 14.4 Å². The number of ether oxygens (including phenoxy) is 1. The van der Waals surface area contributed by atoms with E-state index in [4.69, 9.17) is 10.5 Å². The number of halogens is 1. The average molecular weight is 418 g/mol. The Hall–Kier alpha value is -3.61. The van der Waals surface area contributed by atoms with Crippen molar-refractivity contribution in [2.75, 3.05) is 7.11 Å². The molecule has 0 saturated heterocycles. The second-order valence-electron chi connectivity index (χ2n) is 7.59. The van der Waals surface area contributed by atoms with Crippen LogP contribution in [-0.2, 0) is 11.2 Å². The molecule has 2 heterocycles. The maximum absolute atomic E-state index is 14.8. The van der Waals surface area contributed by atoms with Gasteiger partial charge in [-0.3, -0.25) is 9.79 Å². The Bertz CT molecular complexity index is 1150. The van der Waals surface area contributed by atoms with Crippen LogP contribution in [0.2, 0.25) is 0 Å². The van der Waals surface area contributed by atoms with Crippen molar-refractivity contribution in [1.29, 1.82) is 0 Å². The zero-order chi connectivity index (χ0) is 22.0. The molecule has 0 fully saturated rings. The van der Waals surface area contributed by atoms with E-state index in [2.05, 4.69) is 21.0 Å². The van der Waals surface area contributed by atoms with Crippen LogP contribution in [0.3, 0.4) is 0 Å². The highest BCUT2D eigenvalue weighted by Crippen LogP contribution is 2.38. The first-order chi connectivity index (χ1) is 14.9. The Kier molecular flexibility index (Phi) is 5.75. The fourth-order valence-corrected chi connectivity index (χ4v) is 3.80. The molecule has 1 aromatic carbocycles. The molecule has 0 bridgehead atoms. The van der Waals surface area contributed by atoms with Crippen LogP contribution in [0, 0.1) is 12.7 Å². The van der Waals surface area contributed by atoms with Crippen LogP contribution < -0.4 is 10.5 Å². The summed E-state index contributed by atoms with van der Waals surface area (Å²) in [6.07, 6.45) is 11.5. The van der Waals surface area contributed by atoms with Gasteiger partial charge in [-0.05, 0) is 61.1 Å². The van der Waals surface area contributed by atoms with E-state index in [9.17, 15) is 9.18 Å². The molecular weight excluding hydrogens is 395 g/mol. The lowest BCUT2D eigenvalue weighted by Gasteiger charge is -2.28. The number of benzene rings is 1. The van der Waals surface area contributed by atoms with Gasteiger partial charge >= 0.3 is 0 Å². The van der Waals surface area contributed by atoms with Crippen molar-refractivity contribution < 1.29 is 13.9 Å². The largest absolute Gasteiger partial charge is 0.497 e. The molecule has 31 heavy (non-hydrogen) atoms. The SMILES string of the molecule is COc1ccc(C2=CC(C(N)=O)=NC3CC(CCc4cnc(C)nc4)=CC=C23)c(F)c1. The van der Waals surface area contributed by atoms with E-state index in [1.54, 1.807) is 18.2 Å². The van der Waals surface area contributed by atoms with E-state index in [1.165, 1.54) is 18.7 Å². The highest BCUT2D eigenvalue weighted by Gasteiger charge is 2.29. The summed E-state index contributed by atoms with van der Waals surface area (Å²) < 4.78 is 19.9. The molecule has 2 aliphatic rings. The Labute approximate surface area is 180 Å². The number of primary amides is 1. The van der Waals surface area contributed by atoms with E-state index in [1.807, 2.05) is 25.4 Å². The van der Waals surface area contributed by atoms with Crippen LogP contribution in [0.25, 0.3) is 5.57 Å². The van der Waals surface area contributed by atoms with Crippen LogP contribution in [0.15, 0.2) is 65.0 Å². The van der Waals surface area contributed by atoms with Crippen molar-refractivity contribution in [2.24, 2.45) is 10.7 Å². The van der Waals surface area contributed by atoms with E-state index < -0.39 is 11.7 Å². The summed E-state index contributed by atoms with van der Waals surface area (Å²) in [5, 5.41) is 0. The summed E-state index contributed by atoms with van der Waals surface area (Å²) in [6, 6.07) is 4.39. The number of aryl methyl sites for hydroxylation is 2. The molecule has 2 aromatic rings. The number of methoxy groups -OCH3 is 1. The molecule has 0 radical (unpaired) electrons. The fourth-order valence-electron chi connectivity index (χ4n) is 3.80. The number of amides is 1. The van der Waals surface area contributed by atoms with Crippen molar-refractivity contribution in [3.8, 4) is 5.75 Å². The first-order valence-electron chi connectivity index (χ1n) is 10.1. The Balaban J connectivity index is 1.63. The minimum Gasteiger partial charge on any atom is -0.497 e. The number of hydrogen-bond donors (Lipinski definition) is 1. The quantitative estimate of drug-likeness (QED) is 0.777. The molecule has 0 spiro atoms. The topological polar surface area (TPSA) is 90.5 Å². The third-order valence-electron chi connectivity index (χ3n) is 5.49. The highest BCUT2D eigenvalue weighted by atomic mass is 19.1. The molecule has 1 unspecified atom stereocenters. The number of nitrogens with zero attached hydrogens (tertiary/aromatic N) is 3. The number of fused-ring (bicyclic) bond motifs is 1. The van der Waals surface area contributed by atoms with Gasteiger partial charge < -0.3 is 10.5 Å². The maximum Gasteiger partial charge on any atom is 0.266 e. The van der Waals surface area contributed by atoms with E-state index >= 15 is 0 Å². The standard InChI is InChI=1S/C24H23FN4O2/c1-14-27-12-16(13-28-14)4-3-15-5-7-19-20(11-23(24(26)30)29-22(19)9-15)18-8-6-17(31-2)10-21(18)25/h5-8,10-13,22H,3-4,9H2,1-2H3,(H2,26,30). The van der Waals surface area contributed by atoms with Crippen molar-refractivity contribution in [1.82, 2.24) is 9.97 Å². The van der Waals surface area contributed by atoms with Gasteiger partial charge in [0.25, 0.3) is 5.91 Å². The number of aromatic nitrogens is 2. The van der Waals surface area contributed by atoms with Gasteiger partial charge in [0, 0.05) is 24.0 Å². The van der Waals surface area contributed by atoms with Crippen LogP contribution in [0.1, 0.15) is 29.8 Å². The first-order valence-corrected chi connectivity index (χ1v) is 10.1. The van der Waals surface area contributed by atoms with Crippen molar-refractivity contribution >= 4 is 17.2 Å². The molecule has 1 amide bonds. The first kappa shape index (κ1) is 20.7. The molecule has 1 aliphatic carbocycles. The predicted octanol–water partition coefficient (Wildman–Crippen LogP) is 3.51. The molecule has 4 rings (SSSR count). The number of carbonyl (C=O) groups is 1. The van der Waals surface area contributed by atoms with Crippen LogP contribution in [-0.4, -0.2) is 34.7 Å². The van der Waals surface area contributed by atoms with Gasteiger partial charge in [-0.15, -0.1) is 0 Å². The van der Waals surface area contributed by atoms with Crippen molar-refractivity contribution in [3.05, 3.63) is 82.7 Å². The van der Waals surface area contributed by atoms with Gasteiger partial charge in [-0.1, -0.05) is 17.7 Å². The third kappa shape index (κ3) is 4.45. The number of aliphatic imine (C=N–C) groups is 1. The highest BCUT2D eigenvalue weighted by molar-refractivity contribution is 6.44. The number of allylic oxidation sites excluding steroid dienone is 2. The van der Waals surface area contributed by atoms with Crippen LogP contribution >= 0.6 is 0 Å². The summed E-state index contributed by atoms with van der Waals surface area (Å²) >= 11 is 0. The molecular formula is C24H23FN4O2. The third-order valence-corrected chi connectivity index (χ3v) is 5.49. The summed E-state index contributed by atoms with van der Waals surface area (Å²) in [6.45, 7) is 1.86. The summed E-state index contributed by atoms with van der Waals surface area (Å²) in [5.41, 5.74) is 9.81. The summed E-state index contributed by atoms with van der Waals surface area (Å²) in [7, 11) is 1.49.